The number of hydrogen-bond donors (Lipinski definition) is 1. The zero-order valence-electron chi connectivity index (χ0n) is 14.2. The van der Waals surface area contributed by atoms with E-state index in [2.05, 4.69) is 5.32 Å². The number of nitrogens with one attached hydrogen (secondary N) is 1. The van der Waals surface area contributed by atoms with E-state index in [0.717, 1.165) is 32.4 Å². The number of anilines is 2. The lowest BCUT2D eigenvalue weighted by Gasteiger charge is -2.29. The molecule has 27 heavy (non-hydrogen) atoms. The molecule has 0 aromatic heterocycles. The monoisotopic (exact) mass is 427 g/mol. The molecule has 0 radical (unpaired) electrons. The Kier molecular flexibility index (Phi) is 6.09. The Morgan fingerprint density at radius 3 is 2.33 bits per heavy atom. The second kappa shape index (κ2) is 8.33. The predicted molar refractivity (Wildman–Crippen MR) is 109 cm³/mol. The molecule has 0 atom stereocenters. The molecule has 6 nitrogen and oxygen atoms in total. The fourth-order valence-electron chi connectivity index (χ4n) is 3.01. The van der Waals surface area contributed by atoms with E-state index >= 15 is 0 Å². The maximum atomic E-state index is 12.5. The summed E-state index contributed by atoms with van der Waals surface area (Å²) in [6, 6.07) is 7.34. The fraction of sp³-hybridized carbons (Fsp3) is 0.278. The molecule has 1 saturated heterocycles. The minimum atomic E-state index is -0.458. The average Bonchev–Trinajstić information content (AvgIpc) is 2.65. The molecule has 3 rings (SSSR count). The minimum absolute atomic E-state index is 0.0746. The molecule has 1 N–H and O–H groups in total. The van der Waals surface area contributed by atoms with Crippen molar-refractivity contribution in [2.75, 3.05) is 23.3 Å². The highest BCUT2D eigenvalue weighted by molar-refractivity contribution is 6.42. The van der Waals surface area contributed by atoms with Crippen molar-refractivity contribution in [3.8, 4) is 0 Å². The summed E-state index contributed by atoms with van der Waals surface area (Å²) in [5.74, 6) is -0.436. The van der Waals surface area contributed by atoms with Crippen LogP contribution in [0.1, 0.15) is 29.6 Å². The van der Waals surface area contributed by atoms with Crippen molar-refractivity contribution in [2.45, 2.75) is 19.3 Å². The number of rotatable bonds is 4. The molecule has 142 valence electrons. The van der Waals surface area contributed by atoms with Gasteiger partial charge < -0.3 is 10.2 Å². The van der Waals surface area contributed by atoms with Gasteiger partial charge in [0.15, 0.2) is 0 Å². The van der Waals surface area contributed by atoms with Crippen LogP contribution in [0.5, 0.6) is 0 Å². The number of nitro benzene ring substituents is 1. The third kappa shape index (κ3) is 4.46. The minimum Gasteiger partial charge on any atom is -0.366 e. The Morgan fingerprint density at radius 1 is 1.00 bits per heavy atom. The molecule has 9 heteroatoms. The van der Waals surface area contributed by atoms with Gasteiger partial charge in [-0.3, -0.25) is 14.9 Å². The number of amides is 1. The van der Waals surface area contributed by atoms with Crippen LogP contribution in [0.25, 0.3) is 0 Å². The largest absolute Gasteiger partial charge is 0.366 e. The zero-order valence-corrected chi connectivity index (χ0v) is 16.4. The van der Waals surface area contributed by atoms with Crippen molar-refractivity contribution in [2.24, 2.45) is 0 Å². The first kappa shape index (κ1) is 19.7. The van der Waals surface area contributed by atoms with Gasteiger partial charge in [-0.15, -0.1) is 0 Å². The molecule has 2 aromatic rings. The van der Waals surface area contributed by atoms with Gasteiger partial charge in [-0.1, -0.05) is 34.8 Å². The van der Waals surface area contributed by atoms with E-state index in [1.165, 1.54) is 24.3 Å². The van der Waals surface area contributed by atoms with Crippen molar-refractivity contribution in [3.63, 3.8) is 0 Å². The SMILES string of the molecule is O=C(Nc1cc(N2CCCCC2)c([N+](=O)[O-])cc1Cl)c1ccc(Cl)c(Cl)c1. The van der Waals surface area contributed by atoms with Crippen molar-refractivity contribution in [1.82, 2.24) is 0 Å². The molecular formula is C18H16Cl3N3O3. The van der Waals surface area contributed by atoms with Crippen molar-refractivity contribution in [3.05, 3.63) is 61.1 Å². The van der Waals surface area contributed by atoms with Crippen molar-refractivity contribution in [1.29, 1.82) is 0 Å². The Hall–Kier alpha value is -2.02. The molecule has 0 spiro atoms. The molecule has 0 aliphatic carbocycles. The van der Waals surface area contributed by atoms with E-state index in [1.807, 2.05) is 4.90 Å². The normalized spacial score (nSPS) is 14.1. The number of benzene rings is 2. The molecule has 0 bridgehead atoms. The van der Waals surface area contributed by atoms with Crippen LogP contribution in [-0.2, 0) is 0 Å². The van der Waals surface area contributed by atoms with Crippen LogP contribution in [0.3, 0.4) is 0 Å². The smallest absolute Gasteiger partial charge is 0.294 e. The van der Waals surface area contributed by atoms with Gasteiger partial charge in [0.05, 0.1) is 25.7 Å². The zero-order chi connectivity index (χ0) is 19.6. The van der Waals surface area contributed by atoms with E-state index in [4.69, 9.17) is 34.8 Å². The molecule has 1 aliphatic rings. The summed E-state index contributed by atoms with van der Waals surface area (Å²) in [4.78, 5) is 25.5. The lowest BCUT2D eigenvalue weighted by molar-refractivity contribution is -0.384. The molecular weight excluding hydrogens is 413 g/mol. The maximum Gasteiger partial charge on any atom is 0.294 e. The number of nitro groups is 1. The highest BCUT2D eigenvalue weighted by Crippen LogP contribution is 2.38. The summed E-state index contributed by atoms with van der Waals surface area (Å²) < 4.78 is 0. The first-order valence-corrected chi connectivity index (χ1v) is 9.49. The molecule has 2 aromatic carbocycles. The summed E-state index contributed by atoms with van der Waals surface area (Å²) in [6.07, 6.45) is 3.02. The van der Waals surface area contributed by atoms with Gasteiger partial charge in [-0.05, 0) is 43.5 Å². The first-order valence-electron chi connectivity index (χ1n) is 8.36. The number of hydrogen-bond acceptors (Lipinski definition) is 4. The van der Waals surface area contributed by atoms with Crippen molar-refractivity contribution >= 4 is 57.8 Å². The highest BCUT2D eigenvalue weighted by Gasteiger charge is 2.24. The Labute approximate surface area is 171 Å². The average molecular weight is 429 g/mol. The summed E-state index contributed by atoms with van der Waals surface area (Å²) in [7, 11) is 0. The standard InChI is InChI=1S/C18H16Cl3N3O3/c19-12-5-4-11(8-13(12)20)18(25)22-15-10-16(23-6-2-1-3-7-23)17(24(26)27)9-14(15)21/h4-5,8-10H,1-3,6-7H2,(H,22,25). The number of nitrogens with zero attached hydrogens (tertiary/aromatic N) is 2. The summed E-state index contributed by atoms with van der Waals surface area (Å²) in [5.41, 5.74) is 0.986. The van der Waals surface area contributed by atoms with Crippen LogP contribution in [0.15, 0.2) is 30.3 Å². The summed E-state index contributed by atoms with van der Waals surface area (Å²) >= 11 is 18.0. The van der Waals surface area contributed by atoms with Crippen LogP contribution in [0, 0.1) is 10.1 Å². The number of halogens is 3. The van der Waals surface area contributed by atoms with Gasteiger partial charge in [-0.2, -0.15) is 0 Å². The van der Waals surface area contributed by atoms with E-state index < -0.39 is 10.8 Å². The van der Waals surface area contributed by atoms with Gasteiger partial charge in [0.2, 0.25) is 0 Å². The number of carbonyl (C=O) groups excluding carboxylic acids is 1. The van der Waals surface area contributed by atoms with Gasteiger partial charge in [0, 0.05) is 24.7 Å². The van der Waals surface area contributed by atoms with E-state index in [1.54, 1.807) is 6.07 Å². The van der Waals surface area contributed by atoms with Crippen LogP contribution >= 0.6 is 34.8 Å². The second-order valence-corrected chi connectivity index (χ2v) is 7.43. The second-order valence-electron chi connectivity index (χ2n) is 6.21. The van der Waals surface area contributed by atoms with Gasteiger partial charge >= 0.3 is 0 Å². The fourth-order valence-corrected chi connectivity index (χ4v) is 3.52. The van der Waals surface area contributed by atoms with Crippen LogP contribution in [0.4, 0.5) is 17.1 Å². The van der Waals surface area contributed by atoms with Gasteiger partial charge in [0.25, 0.3) is 11.6 Å². The lowest BCUT2D eigenvalue weighted by Crippen LogP contribution is -2.30. The quantitative estimate of drug-likeness (QED) is 0.493. The molecule has 1 heterocycles. The number of piperidine rings is 1. The third-order valence-corrected chi connectivity index (χ3v) is 5.44. The Bertz CT molecular complexity index is 899. The van der Waals surface area contributed by atoms with Crippen LogP contribution < -0.4 is 10.2 Å². The van der Waals surface area contributed by atoms with Gasteiger partial charge in [0.1, 0.15) is 5.69 Å². The Balaban J connectivity index is 1.93. The Morgan fingerprint density at radius 2 is 1.70 bits per heavy atom. The molecule has 1 aliphatic heterocycles. The number of carbonyl (C=O) groups is 1. The van der Waals surface area contributed by atoms with Crippen LogP contribution in [0.2, 0.25) is 15.1 Å². The maximum absolute atomic E-state index is 12.5. The predicted octanol–water partition coefficient (Wildman–Crippen LogP) is 5.80. The summed E-state index contributed by atoms with van der Waals surface area (Å²) in [5, 5.41) is 14.8. The lowest BCUT2D eigenvalue weighted by atomic mass is 10.1. The molecule has 1 amide bonds. The van der Waals surface area contributed by atoms with E-state index in [0.29, 0.717) is 22.0 Å². The van der Waals surface area contributed by atoms with E-state index in [-0.39, 0.29) is 15.7 Å². The molecule has 0 saturated carbocycles. The van der Waals surface area contributed by atoms with Crippen LogP contribution in [-0.4, -0.2) is 23.9 Å². The van der Waals surface area contributed by atoms with Crippen molar-refractivity contribution < 1.29 is 9.72 Å². The molecule has 1 fully saturated rings. The molecule has 0 unspecified atom stereocenters. The van der Waals surface area contributed by atoms with E-state index in [9.17, 15) is 14.9 Å². The topological polar surface area (TPSA) is 75.5 Å². The third-order valence-electron chi connectivity index (χ3n) is 4.39. The van der Waals surface area contributed by atoms with Gasteiger partial charge in [-0.25, -0.2) is 0 Å². The summed E-state index contributed by atoms with van der Waals surface area (Å²) in [6.45, 7) is 1.45. The highest BCUT2D eigenvalue weighted by atomic mass is 35.5. The first-order chi connectivity index (χ1) is 12.9.